The third-order valence-electron chi connectivity index (χ3n) is 9.76. The van der Waals surface area contributed by atoms with Crippen LogP contribution in [0.15, 0.2) is 48.6 Å². The highest BCUT2D eigenvalue weighted by atomic mass is 16.8. The first-order valence-electron chi connectivity index (χ1n) is 20.3. The summed E-state index contributed by atoms with van der Waals surface area (Å²) in [5.74, 6) is -0.336. The molecule has 0 N–H and O–H groups in total. The monoisotopic (exact) mass is 641 g/mol. The van der Waals surface area contributed by atoms with Crippen molar-refractivity contribution in [1.82, 2.24) is 0 Å². The Morgan fingerprint density at radius 1 is 0.435 bits per heavy atom. The number of hydrogen-bond acceptors (Lipinski definition) is 3. The van der Waals surface area contributed by atoms with Crippen LogP contribution in [0.1, 0.15) is 194 Å². The lowest BCUT2D eigenvalue weighted by atomic mass is 9.98. The summed E-state index contributed by atoms with van der Waals surface area (Å²) >= 11 is 0. The Labute approximate surface area is 287 Å². The predicted molar refractivity (Wildman–Crippen MR) is 200 cm³/mol. The molecular formula is C43H76O3. The number of allylic oxidation sites excluding steroid dienone is 8. The van der Waals surface area contributed by atoms with Gasteiger partial charge in [0.2, 0.25) is 0 Å². The molecule has 0 radical (unpaired) electrons. The molecule has 0 aromatic rings. The van der Waals surface area contributed by atoms with Crippen molar-refractivity contribution in [3.63, 3.8) is 0 Å². The molecule has 2 aliphatic rings. The molecule has 0 saturated carbocycles. The van der Waals surface area contributed by atoms with E-state index in [4.69, 9.17) is 14.2 Å². The van der Waals surface area contributed by atoms with Crippen molar-refractivity contribution in [2.45, 2.75) is 212 Å². The van der Waals surface area contributed by atoms with Gasteiger partial charge in [-0.25, -0.2) is 0 Å². The standard InChI is InChI=1S/C43H76O3/c1-3-5-7-9-11-13-15-17-19-21-23-25-27-29-31-33-37-43(45-41-35-39-44-40-36-42(41)46-43)38-34-32-30-28-26-24-22-20-18-16-14-12-10-8-6-4-2/h11-14,17-20,41-42H,3-10,15-16,21-40H2,1-2H3/b13-11-,14-12-,19-17-,20-18-/t41-,42-/m1/s1. The summed E-state index contributed by atoms with van der Waals surface area (Å²) in [6.07, 6.45) is 54.4. The Kier molecular flexibility index (Phi) is 26.7. The lowest BCUT2D eigenvalue weighted by molar-refractivity contribution is -0.190. The van der Waals surface area contributed by atoms with Gasteiger partial charge < -0.3 is 14.2 Å². The number of unbranched alkanes of at least 4 members (excludes halogenated alkanes) is 18. The molecule has 2 saturated heterocycles. The van der Waals surface area contributed by atoms with Gasteiger partial charge in [-0.3, -0.25) is 0 Å². The molecule has 0 amide bonds. The van der Waals surface area contributed by atoms with E-state index in [-0.39, 0.29) is 18.0 Å². The van der Waals surface area contributed by atoms with E-state index in [1.807, 2.05) is 0 Å². The summed E-state index contributed by atoms with van der Waals surface area (Å²) in [5.41, 5.74) is 0. The normalized spacial score (nSPS) is 20.1. The van der Waals surface area contributed by atoms with E-state index >= 15 is 0 Å². The van der Waals surface area contributed by atoms with Crippen LogP contribution in [0.2, 0.25) is 0 Å². The molecule has 2 heterocycles. The van der Waals surface area contributed by atoms with E-state index in [9.17, 15) is 0 Å². The van der Waals surface area contributed by atoms with Gasteiger partial charge in [0.15, 0.2) is 5.79 Å². The average Bonchev–Trinajstić information content (AvgIpc) is 3.26. The quantitative estimate of drug-likeness (QED) is 0.0577. The lowest BCUT2D eigenvalue weighted by Crippen LogP contribution is -2.31. The maximum atomic E-state index is 6.75. The Morgan fingerprint density at radius 3 is 1.17 bits per heavy atom. The molecule has 0 aromatic carbocycles. The Hall–Kier alpha value is -1.16. The Morgan fingerprint density at radius 2 is 0.783 bits per heavy atom. The van der Waals surface area contributed by atoms with Gasteiger partial charge >= 0.3 is 0 Å². The second-order valence-corrected chi connectivity index (χ2v) is 14.1. The molecule has 2 aliphatic heterocycles. The highest BCUT2D eigenvalue weighted by Crippen LogP contribution is 2.40. The van der Waals surface area contributed by atoms with Crippen molar-refractivity contribution in [2.24, 2.45) is 0 Å². The molecule has 0 unspecified atom stereocenters. The second kappa shape index (κ2) is 29.9. The number of rotatable bonds is 30. The molecular weight excluding hydrogens is 564 g/mol. The molecule has 3 nitrogen and oxygen atoms in total. The first-order valence-corrected chi connectivity index (χ1v) is 20.3. The zero-order valence-electron chi connectivity index (χ0n) is 30.7. The summed E-state index contributed by atoms with van der Waals surface area (Å²) in [7, 11) is 0. The van der Waals surface area contributed by atoms with Gasteiger partial charge in [-0.15, -0.1) is 0 Å². The van der Waals surface area contributed by atoms with Crippen molar-refractivity contribution in [3.8, 4) is 0 Å². The Balaban J connectivity index is 1.53. The SMILES string of the molecule is CCCCC/C=C\C/C=C\CCCCCCCCC1(CCCCCCCC/C=C\C/C=C\CCCCC)O[C@@H]2CCOCC[C@H]2O1. The summed E-state index contributed by atoms with van der Waals surface area (Å²) in [6, 6.07) is 0. The van der Waals surface area contributed by atoms with Crippen LogP contribution >= 0.6 is 0 Å². The van der Waals surface area contributed by atoms with Crippen LogP contribution in [0.5, 0.6) is 0 Å². The van der Waals surface area contributed by atoms with Crippen LogP contribution in [0, 0.1) is 0 Å². The summed E-state index contributed by atoms with van der Waals surface area (Å²) in [5, 5.41) is 0. The van der Waals surface area contributed by atoms with Crippen molar-refractivity contribution < 1.29 is 14.2 Å². The first kappa shape index (κ1) is 41.0. The summed E-state index contributed by atoms with van der Waals surface area (Å²) < 4.78 is 19.2. The third kappa shape index (κ3) is 21.7. The molecule has 0 aromatic heterocycles. The fraction of sp³-hybridized carbons (Fsp3) is 0.814. The molecule has 2 atom stereocenters. The van der Waals surface area contributed by atoms with E-state index in [1.54, 1.807) is 0 Å². The lowest BCUT2D eigenvalue weighted by Gasteiger charge is -2.29. The van der Waals surface area contributed by atoms with Crippen LogP contribution in [0.25, 0.3) is 0 Å². The average molecular weight is 641 g/mol. The van der Waals surface area contributed by atoms with Crippen molar-refractivity contribution >= 4 is 0 Å². The van der Waals surface area contributed by atoms with Crippen molar-refractivity contribution in [3.05, 3.63) is 48.6 Å². The van der Waals surface area contributed by atoms with E-state index in [1.165, 1.54) is 141 Å². The van der Waals surface area contributed by atoms with Crippen molar-refractivity contribution in [2.75, 3.05) is 13.2 Å². The van der Waals surface area contributed by atoms with Crippen LogP contribution in [-0.2, 0) is 14.2 Å². The van der Waals surface area contributed by atoms with E-state index in [0.717, 1.165) is 51.7 Å². The summed E-state index contributed by atoms with van der Waals surface area (Å²) in [4.78, 5) is 0. The van der Waals surface area contributed by atoms with Gasteiger partial charge in [-0.05, 0) is 89.9 Å². The number of ether oxygens (including phenoxy) is 3. The maximum absolute atomic E-state index is 6.75. The molecule has 3 heteroatoms. The van der Waals surface area contributed by atoms with E-state index < -0.39 is 0 Å². The zero-order valence-corrected chi connectivity index (χ0v) is 30.7. The van der Waals surface area contributed by atoms with Crippen LogP contribution in [0.4, 0.5) is 0 Å². The van der Waals surface area contributed by atoms with Crippen molar-refractivity contribution in [1.29, 1.82) is 0 Å². The van der Waals surface area contributed by atoms with Gasteiger partial charge in [-0.2, -0.15) is 0 Å². The molecule has 46 heavy (non-hydrogen) atoms. The molecule has 2 rings (SSSR count). The first-order chi connectivity index (χ1) is 22.8. The van der Waals surface area contributed by atoms with Gasteiger partial charge in [0, 0.05) is 26.1 Å². The fourth-order valence-corrected chi connectivity index (χ4v) is 6.85. The van der Waals surface area contributed by atoms with Gasteiger partial charge in [-0.1, -0.05) is 140 Å². The van der Waals surface area contributed by atoms with Crippen LogP contribution < -0.4 is 0 Å². The van der Waals surface area contributed by atoms with Crippen LogP contribution in [-0.4, -0.2) is 31.2 Å². The molecule has 266 valence electrons. The minimum absolute atomic E-state index is 0.233. The number of hydrogen-bond donors (Lipinski definition) is 0. The molecule has 0 aliphatic carbocycles. The largest absolute Gasteiger partial charge is 0.381 e. The number of fused-ring (bicyclic) bond motifs is 1. The van der Waals surface area contributed by atoms with E-state index in [2.05, 4.69) is 62.5 Å². The predicted octanol–water partition coefficient (Wildman–Crippen LogP) is 13.7. The molecule has 0 spiro atoms. The van der Waals surface area contributed by atoms with Gasteiger partial charge in [0.1, 0.15) is 0 Å². The highest BCUT2D eigenvalue weighted by molar-refractivity contribution is 4.93. The summed E-state index contributed by atoms with van der Waals surface area (Å²) in [6.45, 7) is 6.17. The topological polar surface area (TPSA) is 27.7 Å². The van der Waals surface area contributed by atoms with Crippen LogP contribution in [0.3, 0.4) is 0 Å². The van der Waals surface area contributed by atoms with Gasteiger partial charge in [0.25, 0.3) is 0 Å². The molecule has 2 fully saturated rings. The maximum Gasteiger partial charge on any atom is 0.169 e. The second-order valence-electron chi connectivity index (χ2n) is 14.1. The van der Waals surface area contributed by atoms with Gasteiger partial charge in [0.05, 0.1) is 12.2 Å². The smallest absolute Gasteiger partial charge is 0.169 e. The zero-order chi connectivity index (χ0) is 32.6. The third-order valence-corrected chi connectivity index (χ3v) is 9.76. The fourth-order valence-electron chi connectivity index (χ4n) is 6.85. The minimum Gasteiger partial charge on any atom is -0.381 e. The molecule has 0 bridgehead atoms. The Bertz CT molecular complexity index is 717. The highest BCUT2D eigenvalue weighted by Gasteiger charge is 2.46. The van der Waals surface area contributed by atoms with E-state index in [0.29, 0.717) is 0 Å². The minimum atomic E-state index is -0.336.